The lowest BCUT2D eigenvalue weighted by Crippen LogP contribution is -2.24. The van der Waals surface area contributed by atoms with E-state index in [1.165, 1.54) is 18.9 Å². The van der Waals surface area contributed by atoms with Crippen LogP contribution in [-0.4, -0.2) is 12.7 Å². The van der Waals surface area contributed by atoms with Gasteiger partial charge in [0.15, 0.2) is 11.6 Å². The lowest BCUT2D eigenvalue weighted by atomic mass is 9.89. The van der Waals surface area contributed by atoms with Crippen LogP contribution in [0.4, 0.5) is 10.1 Å². The maximum Gasteiger partial charge on any atom is 0.167 e. The molecule has 112 valence electrons. The standard InChI is InChI=1S/C16H24FNO2/c1-3-7-19-15-10-16(14(18)9-13(15)17)20-12-6-4-5-11(2)8-12/h9-12H,3-8,18H2,1-2H3. The third-order valence-electron chi connectivity index (χ3n) is 3.71. The minimum atomic E-state index is -0.430. The molecule has 1 saturated carbocycles. The van der Waals surface area contributed by atoms with Crippen molar-refractivity contribution in [1.29, 1.82) is 0 Å². The van der Waals surface area contributed by atoms with Crippen LogP contribution in [0.2, 0.25) is 0 Å². The van der Waals surface area contributed by atoms with E-state index in [2.05, 4.69) is 6.92 Å². The van der Waals surface area contributed by atoms with Crippen molar-refractivity contribution in [2.24, 2.45) is 5.92 Å². The van der Waals surface area contributed by atoms with Crippen molar-refractivity contribution in [2.45, 2.75) is 52.1 Å². The molecule has 1 aliphatic carbocycles. The Kier molecular flexibility index (Phi) is 5.10. The third kappa shape index (κ3) is 3.78. The quantitative estimate of drug-likeness (QED) is 0.824. The molecule has 1 fully saturated rings. The number of benzene rings is 1. The third-order valence-corrected chi connectivity index (χ3v) is 3.71. The summed E-state index contributed by atoms with van der Waals surface area (Å²) in [7, 11) is 0. The fourth-order valence-corrected chi connectivity index (χ4v) is 2.64. The van der Waals surface area contributed by atoms with Crippen LogP contribution in [0, 0.1) is 11.7 Å². The number of halogens is 1. The largest absolute Gasteiger partial charge is 0.490 e. The highest BCUT2D eigenvalue weighted by molar-refractivity contribution is 5.56. The second-order valence-corrected chi connectivity index (χ2v) is 5.68. The number of hydrogen-bond acceptors (Lipinski definition) is 3. The molecule has 20 heavy (non-hydrogen) atoms. The van der Waals surface area contributed by atoms with Gasteiger partial charge in [-0.05, 0) is 31.6 Å². The fraction of sp³-hybridized carbons (Fsp3) is 0.625. The first kappa shape index (κ1) is 14.9. The molecule has 2 atom stereocenters. The van der Waals surface area contributed by atoms with Crippen molar-refractivity contribution < 1.29 is 13.9 Å². The van der Waals surface area contributed by atoms with Gasteiger partial charge in [-0.2, -0.15) is 0 Å². The molecule has 4 heteroatoms. The zero-order chi connectivity index (χ0) is 14.5. The van der Waals surface area contributed by atoms with Crippen molar-refractivity contribution >= 4 is 5.69 Å². The van der Waals surface area contributed by atoms with Gasteiger partial charge in [-0.25, -0.2) is 4.39 Å². The van der Waals surface area contributed by atoms with E-state index in [0.29, 0.717) is 24.0 Å². The minimum absolute atomic E-state index is 0.172. The molecule has 0 heterocycles. The lowest BCUT2D eigenvalue weighted by Gasteiger charge is -2.28. The molecule has 2 unspecified atom stereocenters. The topological polar surface area (TPSA) is 44.5 Å². The monoisotopic (exact) mass is 281 g/mol. The Morgan fingerprint density at radius 2 is 2.10 bits per heavy atom. The Bertz CT molecular complexity index is 450. The van der Waals surface area contributed by atoms with Gasteiger partial charge in [0, 0.05) is 12.1 Å². The van der Waals surface area contributed by atoms with Gasteiger partial charge in [-0.15, -0.1) is 0 Å². The zero-order valence-corrected chi connectivity index (χ0v) is 12.3. The average molecular weight is 281 g/mol. The average Bonchev–Trinajstić information content (AvgIpc) is 2.40. The van der Waals surface area contributed by atoms with Crippen molar-refractivity contribution in [1.82, 2.24) is 0 Å². The van der Waals surface area contributed by atoms with E-state index in [9.17, 15) is 4.39 Å². The highest BCUT2D eigenvalue weighted by Gasteiger charge is 2.21. The Morgan fingerprint density at radius 3 is 2.80 bits per heavy atom. The summed E-state index contributed by atoms with van der Waals surface area (Å²) in [4.78, 5) is 0. The fourth-order valence-electron chi connectivity index (χ4n) is 2.64. The van der Waals surface area contributed by atoms with Crippen LogP contribution in [0.1, 0.15) is 46.0 Å². The van der Waals surface area contributed by atoms with Crippen LogP contribution in [0.25, 0.3) is 0 Å². The molecule has 1 aliphatic rings. The van der Waals surface area contributed by atoms with Gasteiger partial charge >= 0.3 is 0 Å². The number of nitrogens with two attached hydrogens (primary N) is 1. The summed E-state index contributed by atoms with van der Waals surface area (Å²) in [6, 6.07) is 2.87. The molecule has 0 radical (unpaired) electrons. The minimum Gasteiger partial charge on any atom is -0.490 e. The molecule has 0 saturated heterocycles. The Balaban J connectivity index is 2.09. The van der Waals surface area contributed by atoms with E-state index < -0.39 is 5.82 Å². The van der Waals surface area contributed by atoms with Crippen molar-refractivity contribution in [3.63, 3.8) is 0 Å². The molecular weight excluding hydrogens is 257 g/mol. The van der Waals surface area contributed by atoms with Gasteiger partial charge in [0.1, 0.15) is 5.75 Å². The number of hydrogen-bond donors (Lipinski definition) is 1. The molecule has 0 bridgehead atoms. The molecule has 3 nitrogen and oxygen atoms in total. The smallest absolute Gasteiger partial charge is 0.167 e. The molecule has 0 aromatic heterocycles. The van der Waals surface area contributed by atoms with Gasteiger partial charge in [0.05, 0.1) is 18.4 Å². The molecule has 2 N–H and O–H groups in total. The van der Waals surface area contributed by atoms with Gasteiger partial charge in [-0.1, -0.05) is 20.3 Å². The predicted octanol–water partition coefficient (Wildman–Crippen LogP) is 4.15. The Morgan fingerprint density at radius 1 is 1.30 bits per heavy atom. The lowest BCUT2D eigenvalue weighted by molar-refractivity contribution is 0.129. The van der Waals surface area contributed by atoms with Gasteiger partial charge < -0.3 is 15.2 Å². The second kappa shape index (κ2) is 6.82. The van der Waals surface area contributed by atoms with Crippen LogP contribution in [0.15, 0.2) is 12.1 Å². The normalized spacial score (nSPS) is 22.6. The Labute approximate surface area is 120 Å². The number of nitrogen functional groups attached to an aromatic ring is 1. The Hall–Kier alpha value is -1.45. The maximum absolute atomic E-state index is 13.7. The second-order valence-electron chi connectivity index (χ2n) is 5.68. The highest BCUT2D eigenvalue weighted by Crippen LogP contribution is 2.34. The van der Waals surface area contributed by atoms with Crippen molar-refractivity contribution in [3.05, 3.63) is 17.9 Å². The van der Waals surface area contributed by atoms with E-state index in [0.717, 1.165) is 19.3 Å². The molecule has 1 aromatic rings. The van der Waals surface area contributed by atoms with Crippen molar-refractivity contribution in [3.8, 4) is 11.5 Å². The molecule has 0 aliphatic heterocycles. The SMILES string of the molecule is CCCOc1cc(OC2CCCC(C)C2)c(N)cc1F. The summed E-state index contributed by atoms with van der Waals surface area (Å²) in [6.45, 7) is 4.70. The summed E-state index contributed by atoms with van der Waals surface area (Å²) < 4.78 is 25.1. The predicted molar refractivity (Wildman–Crippen MR) is 78.6 cm³/mol. The molecule has 0 amide bonds. The van der Waals surface area contributed by atoms with E-state index in [1.54, 1.807) is 6.07 Å². The number of rotatable bonds is 5. The summed E-state index contributed by atoms with van der Waals surface area (Å²) in [5.74, 6) is 1.00. The van der Waals surface area contributed by atoms with E-state index in [4.69, 9.17) is 15.2 Å². The number of anilines is 1. The number of ether oxygens (including phenoxy) is 2. The van der Waals surface area contributed by atoms with Crippen LogP contribution in [-0.2, 0) is 0 Å². The molecule has 1 aromatic carbocycles. The maximum atomic E-state index is 13.7. The summed E-state index contributed by atoms with van der Waals surface area (Å²) in [5.41, 5.74) is 6.19. The van der Waals surface area contributed by atoms with Gasteiger partial charge in [-0.3, -0.25) is 0 Å². The van der Waals surface area contributed by atoms with Gasteiger partial charge in [0.25, 0.3) is 0 Å². The first-order valence-corrected chi connectivity index (χ1v) is 7.48. The molecular formula is C16H24FNO2. The van der Waals surface area contributed by atoms with E-state index in [-0.39, 0.29) is 11.9 Å². The van der Waals surface area contributed by atoms with Crippen LogP contribution < -0.4 is 15.2 Å². The molecule has 2 rings (SSSR count). The van der Waals surface area contributed by atoms with Crippen LogP contribution in [0.5, 0.6) is 11.5 Å². The van der Waals surface area contributed by atoms with E-state index in [1.807, 2.05) is 6.92 Å². The summed E-state index contributed by atoms with van der Waals surface area (Å²) >= 11 is 0. The summed E-state index contributed by atoms with van der Waals surface area (Å²) in [6.07, 6.45) is 5.50. The van der Waals surface area contributed by atoms with Crippen LogP contribution >= 0.6 is 0 Å². The highest BCUT2D eigenvalue weighted by atomic mass is 19.1. The van der Waals surface area contributed by atoms with Gasteiger partial charge in [0.2, 0.25) is 0 Å². The van der Waals surface area contributed by atoms with Crippen LogP contribution in [0.3, 0.4) is 0 Å². The zero-order valence-electron chi connectivity index (χ0n) is 12.3. The molecule has 0 spiro atoms. The van der Waals surface area contributed by atoms with Crippen molar-refractivity contribution in [2.75, 3.05) is 12.3 Å². The summed E-state index contributed by atoms with van der Waals surface area (Å²) in [5, 5.41) is 0. The van der Waals surface area contributed by atoms with E-state index >= 15 is 0 Å². The first-order valence-electron chi connectivity index (χ1n) is 7.48. The first-order chi connectivity index (χ1) is 9.60.